The Kier molecular flexibility index (Phi) is 4.64. The van der Waals surface area contributed by atoms with Crippen molar-refractivity contribution in [2.24, 2.45) is 0 Å². The molecule has 0 saturated carbocycles. The molecule has 0 spiro atoms. The highest BCUT2D eigenvalue weighted by molar-refractivity contribution is 5.01. The van der Waals surface area contributed by atoms with E-state index in [1.54, 1.807) is 12.4 Å². The fourth-order valence-corrected chi connectivity index (χ4v) is 1.02. The van der Waals surface area contributed by atoms with Gasteiger partial charge in [0, 0.05) is 24.5 Å². The second-order valence-corrected chi connectivity index (χ2v) is 4.64. The van der Waals surface area contributed by atoms with Gasteiger partial charge in [-0.05, 0) is 20.8 Å². The van der Waals surface area contributed by atoms with E-state index in [1.165, 1.54) is 6.20 Å². The number of ether oxygens (including phenoxy) is 1. The molecule has 5 heteroatoms. The average molecular weight is 225 g/mol. The molecular formula is C11H19N3O2. The number of nitrogens with one attached hydrogen (secondary N) is 1. The summed E-state index contributed by atoms with van der Waals surface area (Å²) < 4.78 is 5.27. The van der Waals surface area contributed by atoms with E-state index in [1.807, 2.05) is 20.8 Å². The van der Waals surface area contributed by atoms with E-state index in [9.17, 15) is 5.11 Å². The predicted molar refractivity (Wildman–Crippen MR) is 61.3 cm³/mol. The minimum Gasteiger partial charge on any atom is -0.474 e. The lowest BCUT2D eigenvalue weighted by Gasteiger charge is -2.22. The Hall–Kier alpha value is -1.20. The van der Waals surface area contributed by atoms with Gasteiger partial charge in [0.2, 0.25) is 5.88 Å². The van der Waals surface area contributed by atoms with E-state index in [4.69, 9.17) is 4.74 Å². The molecule has 1 aromatic rings. The van der Waals surface area contributed by atoms with Crippen LogP contribution in [0, 0.1) is 0 Å². The summed E-state index contributed by atoms with van der Waals surface area (Å²) in [5.41, 5.74) is -0.00642. The van der Waals surface area contributed by atoms with Crippen molar-refractivity contribution in [3.8, 4) is 5.88 Å². The number of nitrogens with zero attached hydrogens (tertiary/aromatic N) is 2. The number of rotatable bonds is 5. The minimum atomic E-state index is -0.554. The van der Waals surface area contributed by atoms with Gasteiger partial charge in [-0.3, -0.25) is 4.98 Å². The first-order valence-electron chi connectivity index (χ1n) is 5.29. The quantitative estimate of drug-likeness (QED) is 0.768. The van der Waals surface area contributed by atoms with E-state index >= 15 is 0 Å². The normalized spacial score (nSPS) is 13.5. The second-order valence-electron chi connectivity index (χ2n) is 4.64. The van der Waals surface area contributed by atoms with Crippen LogP contribution < -0.4 is 10.1 Å². The molecule has 1 atom stereocenters. The molecule has 0 saturated heterocycles. The number of aliphatic hydroxyl groups is 1. The first-order chi connectivity index (χ1) is 7.47. The molecule has 0 fully saturated rings. The van der Waals surface area contributed by atoms with Crippen LogP contribution in [0.1, 0.15) is 20.8 Å². The fraction of sp³-hybridized carbons (Fsp3) is 0.636. The summed E-state index contributed by atoms with van der Waals surface area (Å²) in [6, 6.07) is 0. The van der Waals surface area contributed by atoms with E-state index in [0.717, 1.165) is 0 Å². The summed E-state index contributed by atoms with van der Waals surface area (Å²) in [5, 5.41) is 12.8. The van der Waals surface area contributed by atoms with Gasteiger partial charge >= 0.3 is 0 Å². The standard InChI is InChI=1S/C11H19N3O2/c1-11(2,3)14-6-9(15)8-16-10-7-12-4-5-13-10/h4-5,7,9,14-15H,6,8H2,1-3H3. The van der Waals surface area contributed by atoms with Gasteiger partial charge in [0.25, 0.3) is 0 Å². The van der Waals surface area contributed by atoms with Gasteiger partial charge in [-0.1, -0.05) is 0 Å². The molecular weight excluding hydrogens is 206 g/mol. The largest absolute Gasteiger partial charge is 0.474 e. The molecule has 0 aliphatic rings. The second kappa shape index (κ2) is 5.77. The maximum Gasteiger partial charge on any atom is 0.232 e. The highest BCUT2D eigenvalue weighted by Gasteiger charge is 2.12. The van der Waals surface area contributed by atoms with E-state index in [-0.39, 0.29) is 12.1 Å². The summed E-state index contributed by atoms with van der Waals surface area (Å²) in [6.07, 6.45) is 4.09. The van der Waals surface area contributed by atoms with Crippen molar-refractivity contribution in [2.75, 3.05) is 13.2 Å². The molecule has 0 amide bonds. The van der Waals surface area contributed by atoms with Gasteiger partial charge < -0.3 is 15.2 Å². The summed E-state index contributed by atoms with van der Waals surface area (Å²) >= 11 is 0. The van der Waals surface area contributed by atoms with Crippen LogP contribution in [0.5, 0.6) is 5.88 Å². The molecule has 0 bridgehead atoms. The molecule has 1 aromatic heterocycles. The zero-order valence-corrected chi connectivity index (χ0v) is 9.97. The lowest BCUT2D eigenvalue weighted by atomic mass is 10.1. The van der Waals surface area contributed by atoms with Crippen molar-refractivity contribution < 1.29 is 9.84 Å². The van der Waals surface area contributed by atoms with E-state index in [0.29, 0.717) is 12.4 Å². The topological polar surface area (TPSA) is 67.3 Å². The van der Waals surface area contributed by atoms with Crippen molar-refractivity contribution in [1.29, 1.82) is 0 Å². The first-order valence-corrected chi connectivity index (χ1v) is 5.29. The van der Waals surface area contributed by atoms with Gasteiger partial charge in [0.05, 0.1) is 6.20 Å². The van der Waals surface area contributed by atoms with Gasteiger partial charge in [-0.2, -0.15) is 0 Å². The Morgan fingerprint density at radius 2 is 2.19 bits per heavy atom. The molecule has 0 aliphatic heterocycles. The molecule has 2 N–H and O–H groups in total. The van der Waals surface area contributed by atoms with Crippen LogP contribution in [0.15, 0.2) is 18.6 Å². The van der Waals surface area contributed by atoms with Gasteiger partial charge in [0.1, 0.15) is 12.7 Å². The Balaban J connectivity index is 2.23. The molecule has 1 unspecified atom stereocenters. The molecule has 1 rings (SSSR count). The van der Waals surface area contributed by atoms with Crippen molar-refractivity contribution in [1.82, 2.24) is 15.3 Å². The number of hydrogen-bond donors (Lipinski definition) is 2. The van der Waals surface area contributed by atoms with Crippen molar-refractivity contribution in [3.05, 3.63) is 18.6 Å². The maximum absolute atomic E-state index is 9.64. The number of hydrogen-bond acceptors (Lipinski definition) is 5. The van der Waals surface area contributed by atoms with Crippen LogP contribution >= 0.6 is 0 Å². The third-order valence-electron chi connectivity index (χ3n) is 1.83. The monoisotopic (exact) mass is 225 g/mol. The highest BCUT2D eigenvalue weighted by Crippen LogP contribution is 2.02. The molecule has 0 aliphatic carbocycles. The third-order valence-corrected chi connectivity index (χ3v) is 1.83. The number of aliphatic hydroxyl groups excluding tert-OH is 1. The molecule has 0 radical (unpaired) electrons. The number of β-amino-alcohol motifs (C(OH)–C–C–N with tert-alkyl or cyclic N) is 1. The lowest BCUT2D eigenvalue weighted by Crippen LogP contribution is -2.42. The van der Waals surface area contributed by atoms with Crippen LogP contribution in [0.2, 0.25) is 0 Å². The molecule has 90 valence electrons. The molecule has 5 nitrogen and oxygen atoms in total. The van der Waals surface area contributed by atoms with Crippen LogP contribution in [-0.4, -0.2) is 39.9 Å². The smallest absolute Gasteiger partial charge is 0.232 e. The fourth-order valence-electron chi connectivity index (χ4n) is 1.02. The predicted octanol–water partition coefficient (Wildman–Crippen LogP) is 0.604. The summed E-state index contributed by atoms with van der Waals surface area (Å²) in [4.78, 5) is 7.81. The average Bonchev–Trinajstić information content (AvgIpc) is 2.24. The first kappa shape index (κ1) is 12.9. The van der Waals surface area contributed by atoms with Gasteiger partial charge in [0.15, 0.2) is 0 Å². The highest BCUT2D eigenvalue weighted by atomic mass is 16.5. The third kappa shape index (κ3) is 5.63. The zero-order valence-electron chi connectivity index (χ0n) is 9.97. The van der Waals surface area contributed by atoms with Crippen molar-refractivity contribution in [2.45, 2.75) is 32.4 Å². The van der Waals surface area contributed by atoms with Crippen LogP contribution in [0.3, 0.4) is 0 Å². The van der Waals surface area contributed by atoms with E-state index < -0.39 is 6.10 Å². The van der Waals surface area contributed by atoms with Gasteiger partial charge in [-0.15, -0.1) is 0 Å². The lowest BCUT2D eigenvalue weighted by molar-refractivity contribution is 0.0975. The van der Waals surface area contributed by atoms with Crippen molar-refractivity contribution >= 4 is 0 Å². The maximum atomic E-state index is 9.64. The van der Waals surface area contributed by atoms with Crippen LogP contribution in [-0.2, 0) is 0 Å². The summed E-state index contributed by atoms with van der Waals surface area (Å²) in [6.45, 7) is 6.83. The van der Waals surface area contributed by atoms with Crippen molar-refractivity contribution in [3.63, 3.8) is 0 Å². The molecule has 0 aromatic carbocycles. The summed E-state index contributed by atoms with van der Waals surface area (Å²) in [5.74, 6) is 0.428. The Labute approximate surface area is 95.9 Å². The molecule has 16 heavy (non-hydrogen) atoms. The Morgan fingerprint density at radius 3 is 2.75 bits per heavy atom. The minimum absolute atomic E-state index is 0.00642. The Bertz CT molecular complexity index is 298. The van der Waals surface area contributed by atoms with Crippen LogP contribution in [0.25, 0.3) is 0 Å². The van der Waals surface area contributed by atoms with E-state index in [2.05, 4.69) is 15.3 Å². The SMILES string of the molecule is CC(C)(C)NCC(O)COc1cnccn1. The summed E-state index contributed by atoms with van der Waals surface area (Å²) in [7, 11) is 0. The zero-order chi connectivity index (χ0) is 12.0. The Morgan fingerprint density at radius 1 is 1.44 bits per heavy atom. The van der Waals surface area contributed by atoms with Gasteiger partial charge in [-0.25, -0.2) is 4.98 Å². The molecule has 1 heterocycles. The van der Waals surface area contributed by atoms with Crippen LogP contribution in [0.4, 0.5) is 0 Å². The number of aromatic nitrogens is 2.